The van der Waals surface area contributed by atoms with Crippen molar-refractivity contribution in [2.24, 2.45) is 5.14 Å². The third-order valence-electron chi connectivity index (χ3n) is 6.34. The number of hydrogen-bond donors (Lipinski definition) is 2. The predicted octanol–water partition coefficient (Wildman–Crippen LogP) is 4.12. The molecule has 9 heteroatoms. The van der Waals surface area contributed by atoms with E-state index < -0.39 is 27.8 Å². The van der Waals surface area contributed by atoms with Crippen LogP contribution in [0.25, 0.3) is 16.5 Å². The van der Waals surface area contributed by atoms with Crippen molar-refractivity contribution < 1.29 is 27.9 Å². The zero-order valence-corrected chi connectivity index (χ0v) is 20.5. The average Bonchev–Trinajstić information content (AvgIpc) is 3.17. The number of sulfonamides is 1. The molecule has 0 aromatic heterocycles. The summed E-state index contributed by atoms with van der Waals surface area (Å²) in [6, 6.07) is 23.9. The number of amides is 1. The Balaban J connectivity index is 1.75. The van der Waals surface area contributed by atoms with Gasteiger partial charge in [-0.2, -0.15) is 0 Å². The molecule has 1 aliphatic heterocycles. The molecule has 0 spiro atoms. The van der Waals surface area contributed by atoms with Gasteiger partial charge in [-0.05, 0) is 52.7 Å². The van der Waals surface area contributed by atoms with E-state index in [0.29, 0.717) is 16.9 Å². The number of ketones is 1. The van der Waals surface area contributed by atoms with E-state index in [2.05, 4.69) is 0 Å². The molecular formula is C28H22N2O6S. The second-order valence-corrected chi connectivity index (χ2v) is 10.1. The number of Topliss-reactive ketones (excluding diaryl/α,β-unsaturated/α-hetero) is 1. The molecule has 4 aromatic rings. The van der Waals surface area contributed by atoms with Crippen LogP contribution in [0.4, 0.5) is 5.69 Å². The van der Waals surface area contributed by atoms with Crippen molar-refractivity contribution in [1.29, 1.82) is 0 Å². The molecule has 0 bridgehead atoms. The van der Waals surface area contributed by atoms with Crippen molar-refractivity contribution in [2.45, 2.75) is 10.9 Å². The van der Waals surface area contributed by atoms with Crippen LogP contribution in [0.15, 0.2) is 101 Å². The van der Waals surface area contributed by atoms with E-state index in [1.165, 1.54) is 36.3 Å². The molecule has 1 atom stereocenters. The number of anilines is 1. The first kappa shape index (κ1) is 24.2. The summed E-state index contributed by atoms with van der Waals surface area (Å²) in [5.41, 5.74) is 1.11. The van der Waals surface area contributed by atoms with Crippen LogP contribution in [0.2, 0.25) is 0 Å². The Morgan fingerprint density at radius 3 is 2.30 bits per heavy atom. The van der Waals surface area contributed by atoms with E-state index in [1.54, 1.807) is 36.4 Å². The van der Waals surface area contributed by atoms with Gasteiger partial charge in [0.1, 0.15) is 11.5 Å². The maximum absolute atomic E-state index is 13.4. The summed E-state index contributed by atoms with van der Waals surface area (Å²) in [6.07, 6.45) is 0. The fourth-order valence-corrected chi connectivity index (χ4v) is 5.11. The van der Waals surface area contributed by atoms with Crippen molar-refractivity contribution in [3.63, 3.8) is 0 Å². The van der Waals surface area contributed by atoms with Crippen LogP contribution in [-0.4, -0.2) is 32.3 Å². The molecule has 1 fully saturated rings. The number of aliphatic hydroxyl groups is 1. The third-order valence-corrected chi connectivity index (χ3v) is 7.27. The fourth-order valence-electron chi connectivity index (χ4n) is 4.60. The summed E-state index contributed by atoms with van der Waals surface area (Å²) in [5.74, 6) is -1.55. The van der Waals surface area contributed by atoms with E-state index >= 15 is 0 Å². The van der Waals surface area contributed by atoms with Gasteiger partial charge >= 0.3 is 0 Å². The van der Waals surface area contributed by atoms with Gasteiger partial charge in [-0.3, -0.25) is 14.5 Å². The molecule has 1 amide bonds. The van der Waals surface area contributed by atoms with Gasteiger partial charge in [-0.15, -0.1) is 0 Å². The Hall–Kier alpha value is -4.47. The maximum Gasteiger partial charge on any atom is 0.300 e. The Morgan fingerprint density at radius 2 is 1.59 bits per heavy atom. The summed E-state index contributed by atoms with van der Waals surface area (Å²) < 4.78 is 28.8. The van der Waals surface area contributed by atoms with Crippen molar-refractivity contribution in [3.8, 4) is 5.75 Å². The molecule has 186 valence electrons. The molecule has 1 unspecified atom stereocenters. The highest BCUT2D eigenvalue weighted by Gasteiger charge is 2.47. The molecule has 5 rings (SSSR count). The molecular weight excluding hydrogens is 492 g/mol. The second kappa shape index (κ2) is 9.20. The normalized spacial score (nSPS) is 17.4. The lowest BCUT2D eigenvalue weighted by molar-refractivity contribution is -0.132. The molecule has 4 aromatic carbocycles. The van der Waals surface area contributed by atoms with Gasteiger partial charge in [0.2, 0.25) is 10.0 Å². The molecule has 0 radical (unpaired) electrons. The SMILES string of the molecule is COc1cccc(C2/C(=C(/O)c3cccc4ccccc34)C(=O)C(=O)N2c2ccc(S(N)(=O)=O)cc2)c1. The van der Waals surface area contributed by atoms with Gasteiger partial charge in [0.15, 0.2) is 0 Å². The summed E-state index contributed by atoms with van der Waals surface area (Å²) in [5, 5.41) is 18.3. The average molecular weight is 515 g/mol. The standard InChI is InChI=1S/C28H22N2O6S/c1-36-20-9-4-8-18(16-20)25-24(26(31)23-11-5-7-17-6-2-3-10-22(17)23)27(32)28(33)30(25)19-12-14-21(15-13-19)37(29,34)35/h2-16,25,31H,1H3,(H2,29,34,35)/b26-24-. The van der Waals surface area contributed by atoms with Crippen LogP contribution in [-0.2, 0) is 19.6 Å². The molecule has 1 heterocycles. The number of fused-ring (bicyclic) bond motifs is 1. The van der Waals surface area contributed by atoms with Crippen LogP contribution in [0.5, 0.6) is 5.75 Å². The summed E-state index contributed by atoms with van der Waals surface area (Å²) >= 11 is 0. The predicted molar refractivity (Wildman–Crippen MR) is 140 cm³/mol. The van der Waals surface area contributed by atoms with Gasteiger partial charge < -0.3 is 9.84 Å². The monoisotopic (exact) mass is 514 g/mol. The molecule has 1 saturated heterocycles. The minimum Gasteiger partial charge on any atom is -0.507 e. The number of rotatable bonds is 5. The van der Waals surface area contributed by atoms with Crippen LogP contribution in [0.3, 0.4) is 0 Å². The quantitative estimate of drug-likeness (QED) is 0.234. The smallest absolute Gasteiger partial charge is 0.300 e. The molecule has 3 N–H and O–H groups in total. The zero-order valence-electron chi connectivity index (χ0n) is 19.7. The topological polar surface area (TPSA) is 127 Å². The highest BCUT2D eigenvalue weighted by molar-refractivity contribution is 7.89. The van der Waals surface area contributed by atoms with Crippen molar-refractivity contribution in [3.05, 3.63) is 108 Å². The number of ether oxygens (including phenoxy) is 1. The molecule has 37 heavy (non-hydrogen) atoms. The van der Waals surface area contributed by atoms with E-state index in [0.717, 1.165) is 10.8 Å². The van der Waals surface area contributed by atoms with Gasteiger partial charge in [-0.1, -0.05) is 54.6 Å². The Labute approximate surface area is 213 Å². The van der Waals surface area contributed by atoms with Gasteiger partial charge in [0.25, 0.3) is 11.7 Å². The molecule has 8 nitrogen and oxygen atoms in total. The van der Waals surface area contributed by atoms with Crippen LogP contribution in [0, 0.1) is 0 Å². The summed E-state index contributed by atoms with van der Waals surface area (Å²) in [7, 11) is -2.46. The lowest BCUT2D eigenvalue weighted by Gasteiger charge is -2.26. The number of nitrogens with zero attached hydrogens (tertiary/aromatic N) is 1. The number of primary sulfonamides is 1. The maximum atomic E-state index is 13.4. The van der Waals surface area contributed by atoms with E-state index in [1.807, 2.05) is 30.3 Å². The number of benzene rings is 4. The minimum absolute atomic E-state index is 0.0925. The zero-order chi connectivity index (χ0) is 26.3. The highest BCUT2D eigenvalue weighted by atomic mass is 32.2. The lowest BCUT2D eigenvalue weighted by Crippen LogP contribution is -2.29. The Morgan fingerprint density at radius 1 is 0.919 bits per heavy atom. The van der Waals surface area contributed by atoms with Crippen LogP contribution >= 0.6 is 0 Å². The van der Waals surface area contributed by atoms with Crippen molar-refractivity contribution >= 4 is 43.9 Å². The number of carbonyl (C=O) groups is 2. The van der Waals surface area contributed by atoms with E-state index in [4.69, 9.17) is 9.88 Å². The van der Waals surface area contributed by atoms with Crippen LogP contribution in [0.1, 0.15) is 17.2 Å². The molecule has 1 aliphatic rings. The van der Waals surface area contributed by atoms with Gasteiger partial charge in [0.05, 0.1) is 23.6 Å². The van der Waals surface area contributed by atoms with Gasteiger partial charge in [-0.25, -0.2) is 13.6 Å². The second-order valence-electron chi connectivity index (χ2n) is 8.51. The summed E-state index contributed by atoms with van der Waals surface area (Å²) in [4.78, 5) is 27.9. The Kier molecular flexibility index (Phi) is 6.02. The first-order chi connectivity index (χ1) is 17.7. The molecule has 0 saturated carbocycles. The fraction of sp³-hybridized carbons (Fsp3) is 0.0714. The highest BCUT2D eigenvalue weighted by Crippen LogP contribution is 2.43. The number of nitrogens with two attached hydrogens (primary N) is 1. The van der Waals surface area contributed by atoms with E-state index in [9.17, 15) is 23.1 Å². The third kappa shape index (κ3) is 4.24. The first-order valence-corrected chi connectivity index (χ1v) is 12.8. The summed E-state index contributed by atoms with van der Waals surface area (Å²) in [6.45, 7) is 0. The largest absolute Gasteiger partial charge is 0.507 e. The first-order valence-electron chi connectivity index (χ1n) is 11.3. The number of carbonyl (C=O) groups excluding carboxylic acids is 2. The Bertz CT molecular complexity index is 1690. The van der Waals surface area contributed by atoms with Crippen molar-refractivity contribution in [2.75, 3.05) is 12.0 Å². The number of methoxy groups -OCH3 is 1. The van der Waals surface area contributed by atoms with Gasteiger partial charge in [0, 0.05) is 11.3 Å². The molecule has 0 aliphatic carbocycles. The lowest BCUT2D eigenvalue weighted by atomic mass is 9.93. The number of hydrogen-bond acceptors (Lipinski definition) is 6. The minimum atomic E-state index is -3.96. The van der Waals surface area contributed by atoms with Crippen LogP contribution < -0.4 is 14.8 Å². The van der Waals surface area contributed by atoms with Crippen molar-refractivity contribution in [1.82, 2.24) is 0 Å². The van der Waals surface area contributed by atoms with E-state index in [-0.39, 0.29) is 21.9 Å². The number of aliphatic hydroxyl groups excluding tert-OH is 1.